The van der Waals surface area contributed by atoms with Gasteiger partial charge in [-0.3, -0.25) is 0 Å². The highest BCUT2D eigenvalue weighted by molar-refractivity contribution is 7.87. The van der Waals surface area contributed by atoms with E-state index in [-0.39, 0.29) is 4.90 Å². The van der Waals surface area contributed by atoms with Crippen molar-refractivity contribution in [3.05, 3.63) is 29.8 Å². The smallest absolute Gasteiger partial charge is 0.287 e. The summed E-state index contributed by atoms with van der Waals surface area (Å²) in [5.74, 6) is 0. The van der Waals surface area contributed by atoms with Gasteiger partial charge in [0.15, 0.2) is 0 Å². The number of aryl methyl sites for hydroxylation is 1. The van der Waals surface area contributed by atoms with Crippen LogP contribution in [0, 0.1) is 0 Å². The molecule has 0 saturated carbocycles. The number of benzene rings is 1. The second kappa shape index (κ2) is 9.60. The summed E-state index contributed by atoms with van der Waals surface area (Å²) in [6, 6.07) is 7.93. The van der Waals surface area contributed by atoms with Gasteiger partial charge in [0, 0.05) is 0 Å². The lowest BCUT2D eigenvalue weighted by Gasteiger charge is -2.22. The van der Waals surface area contributed by atoms with Crippen LogP contribution in [0.25, 0.3) is 0 Å². The predicted octanol–water partition coefficient (Wildman–Crippen LogP) is 5.52. The van der Waals surface area contributed by atoms with E-state index in [1.807, 2.05) is 25.2 Å². The molecule has 0 radical (unpaired) electrons. The first-order valence-corrected chi connectivity index (χ1v) is 13.4. The van der Waals surface area contributed by atoms with Gasteiger partial charge >= 0.3 is 0 Å². The van der Waals surface area contributed by atoms with Gasteiger partial charge in [-0.15, -0.1) is 0 Å². The van der Waals surface area contributed by atoms with Crippen molar-refractivity contribution in [3.63, 3.8) is 0 Å². The molecule has 0 heterocycles. The van der Waals surface area contributed by atoms with Gasteiger partial charge in [-0.25, -0.2) is 0 Å². The Morgan fingerprint density at radius 3 is 2.04 bits per heavy atom. The molecule has 1 rings (SSSR count). The first-order valence-electron chi connectivity index (χ1n) is 8.85. The van der Waals surface area contributed by atoms with Crippen LogP contribution in [0.4, 0.5) is 0 Å². The molecule has 0 fully saturated rings. The first-order chi connectivity index (χ1) is 10.8. The summed E-state index contributed by atoms with van der Waals surface area (Å²) in [5, 5.41) is 0. The fourth-order valence-electron chi connectivity index (χ4n) is 2.61. The van der Waals surface area contributed by atoms with E-state index < -0.39 is 18.4 Å². The van der Waals surface area contributed by atoms with Crippen molar-refractivity contribution >= 4 is 18.4 Å². The molecule has 1 aromatic rings. The van der Waals surface area contributed by atoms with Crippen LogP contribution < -0.4 is 0 Å². The van der Waals surface area contributed by atoms with Crippen LogP contribution in [0.3, 0.4) is 0 Å². The van der Waals surface area contributed by atoms with E-state index in [0.29, 0.717) is 0 Å². The fourth-order valence-corrected chi connectivity index (χ4v) is 7.27. The Kier molecular flexibility index (Phi) is 8.51. The van der Waals surface area contributed by atoms with Gasteiger partial charge in [-0.05, 0) is 43.3 Å². The highest BCUT2D eigenvalue weighted by Crippen LogP contribution is 2.23. The van der Waals surface area contributed by atoms with Crippen molar-refractivity contribution in [1.82, 2.24) is 0 Å². The highest BCUT2D eigenvalue weighted by atomic mass is 32.2. The molecular formula is C18H32O3SSi. The van der Waals surface area contributed by atoms with E-state index in [0.717, 1.165) is 24.4 Å². The van der Waals surface area contributed by atoms with Crippen molar-refractivity contribution in [3.8, 4) is 0 Å². The molecule has 23 heavy (non-hydrogen) atoms. The lowest BCUT2D eigenvalue weighted by molar-refractivity contribution is 0.478. The molecule has 0 unspecified atom stereocenters. The molecule has 1 aromatic carbocycles. The summed E-state index contributed by atoms with van der Waals surface area (Å²) in [5.41, 5.74) is 1.13. The van der Waals surface area contributed by atoms with Crippen LogP contribution in [0.15, 0.2) is 29.2 Å². The summed E-state index contributed by atoms with van der Waals surface area (Å²) >= 11 is 0. The van der Waals surface area contributed by atoms with Crippen LogP contribution in [0.2, 0.25) is 19.1 Å². The van der Waals surface area contributed by atoms with E-state index in [1.54, 1.807) is 12.1 Å². The highest BCUT2D eigenvalue weighted by Gasteiger charge is 2.30. The maximum Gasteiger partial charge on any atom is 0.287 e. The number of hydrogen-bond donors (Lipinski definition) is 0. The van der Waals surface area contributed by atoms with Crippen molar-refractivity contribution < 1.29 is 12.3 Å². The molecular weight excluding hydrogens is 324 g/mol. The second-order valence-corrected chi connectivity index (χ2v) is 12.9. The Bertz CT molecular complexity index is 550. The van der Waals surface area contributed by atoms with Crippen LogP contribution in [0.5, 0.6) is 0 Å². The van der Waals surface area contributed by atoms with Crippen molar-refractivity contribution in [2.75, 3.05) is 0 Å². The average molecular weight is 357 g/mol. The van der Waals surface area contributed by atoms with Crippen molar-refractivity contribution in [2.24, 2.45) is 0 Å². The van der Waals surface area contributed by atoms with Gasteiger partial charge in [-0.1, -0.05) is 64.5 Å². The standard InChI is InChI=1S/C18H32O3SSi/c1-5-7-8-9-10-11-16-23(3,4)21-22(19,20)18-14-12-17(6-2)13-15-18/h12-15H,5-11,16H2,1-4H3. The van der Waals surface area contributed by atoms with Gasteiger partial charge in [0.25, 0.3) is 10.1 Å². The predicted molar refractivity (Wildman–Crippen MR) is 99.8 cm³/mol. The summed E-state index contributed by atoms with van der Waals surface area (Å²) in [6.45, 7) is 8.26. The molecule has 0 aromatic heterocycles. The van der Waals surface area contributed by atoms with E-state index >= 15 is 0 Å². The molecule has 0 aliphatic carbocycles. The first kappa shape index (κ1) is 20.4. The minimum atomic E-state index is -3.63. The van der Waals surface area contributed by atoms with E-state index in [2.05, 4.69) is 13.8 Å². The number of unbranched alkanes of at least 4 members (excludes halogenated alkanes) is 5. The monoisotopic (exact) mass is 356 g/mol. The number of hydrogen-bond acceptors (Lipinski definition) is 3. The van der Waals surface area contributed by atoms with Gasteiger partial charge in [0.1, 0.15) is 0 Å². The maximum atomic E-state index is 12.4. The van der Waals surface area contributed by atoms with E-state index in [1.165, 1.54) is 32.1 Å². The largest absolute Gasteiger partial charge is 0.312 e. The summed E-state index contributed by atoms with van der Waals surface area (Å²) < 4.78 is 30.5. The topological polar surface area (TPSA) is 43.4 Å². The van der Waals surface area contributed by atoms with Crippen LogP contribution >= 0.6 is 0 Å². The third kappa shape index (κ3) is 7.64. The van der Waals surface area contributed by atoms with Gasteiger partial charge < -0.3 is 3.87 Å². The molecule has 0 amide bonds. The molecule has 0 spiro atoms. The third-order valence-electron chi connectivity index (χ3n) is 4.09. The van der Waals surface area contributed by atoms with Crippen molar-refractivity contribution in [1.29, 1.82) is 0 Å². The zero-order valence-electron chi connectivity index (χ0n) is 15.1. The Balaban J connectivity index is 2.53. The van der Waals surface area contributed by atoms with E-state index in [4.69, 9.17) is 3.87 Å². The lowest BCUT2D eigenvalue weighted by atomic mass is 10.1. The molecule has 0 bridgehead atoms. The minimum Gasteiger partial charge on any atom is -0.312 e. The molecule has 0 aliphatic rings. The van der Waals surface area contributed by atoms with Gasteiger partial charge in [0.2, 0.25) is 8.32 Å². The Morgan fingerprint density at radius 2 is 1.48 bits per heavy atom. The molecule has 0 saturated heterocycles. The summed E-state index contributed by atoms with van der Waals surface area (Å²) in [6.07, 6.45) is 8.20. The zero-order chi connectivity index (χ0) is 17.3. The Hall–Kier alpha value is -0.653. The van der Waals surface area contributed by atoms with Crippen molar-refractivity contribution in [2.45, 2.75) is 82.8 Å². The molecule has 0 N–H and O–H groups in total. The van der Waals surface area contributed by atoms with Gasteiger partial charge in [0.05, 0.1) is 4.90 Å². The SMILES string of the molecule is CCCCCCCC[Si](C)(C)OS(=O)(=O)c1ccc(CC)cc1. The Labute approximate surface area is 143 Å². The molecule has 0 aliphatic heterocycles. The van der Waals surface area contributed by atoms with Crippen LogP contribution in [-0.4, -0.2) is 16.7 Å². The quantitative estimate of drug-likeness (QED) is 0.387. The number of rotatable bonds is 11. The minimum absolute atomic E-state index is 0.276. The lowest BCUT2D eigenvalue weighted by Crippen LogP contribution is -2.33. The maximum absolute atomic E-state index is 12.4. The zero-order valence-corrected chi connectivity index (χ0v) is 16.9. The van der Waals surface area contributed by atoms with Crippen LogP contribution in [0.1, 0.15) is 57.9 Å². The molecule has 3 nitrogen and oxygen atoms in total. The molecule has 132 valence electrons. The molecule has 0 atom stereocenters. The third-order valence-corrected chi connectivity index (χ3v) is 9.18. The fraction of sp³-hybridized carbons (Fsp3) is 0.667. The second-order valence-electron chi connectivity index (χ2n) is 6.81. The van der Waals surface area contributed by atoms with E-state index in [9.17, 15) is 8.42 Å². The Morgan fingerprint density at radius 1 is 0.913 bits per heavy atom. The summed E-state index contributed by atoms with van der Waals surface area (Å²) in [7, 11) is -5.83. The van der Waals surface area contributed by atoms with Crippen LogP contribution in [-0.2, 0) is 20.4 Å². The summed E-state index contributed by atoms with van der Waals surface area (Å²) in [4.78, 5) is 0.276. The van der Waals surface area contributed by atoms with Gasteiger partial charge in [-0.2, -0.15) is 8.42 Å². The molecule has 5 heteroatoms. The average Bonchev–Trinajstić information content (AvgIpc) is 2.50. The normalized spacial score (nSPS) is 12.5.